The van der Waals surface area contributed by atoms with Crippen molar-refractivity contribution in [2.75, 3.05) is 13.3 Å². The van der Waals surface area contributed by atoms with Gasteiger partial charge in [-0.2, -0.15) is 0 Å². The summed E-state index contributed by atoms with van der Waals surface area (Å²) in [4.78, 5) is 30.2. The zero-order valence-electron chi connectivity index (χ0n) is 18.8. The third kappa shape index (κ3) is 4.89. The molecule has 1 aromatic heterocycles. The van der Waals surface area contributed by atoms with Gasteiger partial charge in [-0.3, -0.25) is 9.59 Å². The molecule has 2 amide bonds. The van der Waals surface area contributed by atoms with Gasteiger partial charge in [-0.25, -0.2) is 0 Å². The van der Waals surface area contributed by atoms with Gasteiger partial charge in [0.05, 0.1) is 17.1 Å². The molecule has 2 aliphatic rings. The Balaban J connectivity index is 1.37. The second-order valence-electron chi connectivity index (χ2n) is 8.59. The second-order valence-corrected chi connectivity index (χ2v) is 9.00. The Labute approximate surface area is 202 Å². The van der Waals surface area contributed by atoms with Crippen molar-refractivity contribution in [2.45, 2.75) is 38.9 Å². The van der Waals surface area contributed by atoms with Crippen LogP contribution in [0.2, 0.25) is 5.02 Å². The fraction of sp³-hybridized carbons (Fsp3) is 0.308. The summed E-state index contributed by atoms with van der Waals surface area (Å²) in [6.45, 7) is 2.66. The molecular weight excluding hydrogens is 456 g/mol. The van der Waals surface area contributed by atoms with Crippen molar-refractivity contribution in [2.24, 2.45) is 0 Å². The Morgan fingerprint density at radius 2 is 1.79 bits per heavy atom. The lowest BCUT2D eigenvalue weighted by atomic mass is 10.1. The van der Waals surface area contributed by atoms with Crippen molar-refractivity contribution in [1.29, 1.82) is 0 Å². The predicted molar refractivity (Wildman–Crippen MR) is 126 cm³/mol. The highest BCUT2D eigenvalue weighted by molar-refractivity contribution is 6.33. The SMILES string of the molecule is Cc1ccc(CN(Cc2ccc3c(c2)OCO3)C(=O)CN(C(=O)c2ccccc2Cl)C2CC2)o1. The van der Waals surface area contributed by atoms with E-state index in [1.165, 1.54) is 0 Å². The van der Waals surface area contributed by atoms with Crippen molar-refractivity contribution in [3.8, 4) is 11.5 Å². The average Bonchev–Trinajstić information content (AvgIpc) is 3.42. The van der Waals surface area contributed by atoms with Crippen LogP contribution < -0.4 is 9.47 Å². The highest BCUT2D eigenvalue weighted by Crippen LogP contribution is 2.33. The monoisotopic (exact) mass is 480 g/mol. The molecule has 0 N–H and O–H groups in total. The maximum atomic E-state index is 13.6. The lowest BCUT2D eigenvalue weighted by Crippen LogP contribution is -2.43. The molecule has 3 aromatic rings. The van der Waals surface area contributed by atoms with Crippen LogP contribution in [0.25, 0.3) is 0 Å². The minimum absolute atomic E-state index is 0.0288. The van der Waals surface area contributed by atoms with Gasteiger partial charge in [0.15, 0.2) is 11.5 Å². The van der Waals surface area contributed by atoms with Crippen molar-refractivity contribution in [3.63, 3.8) is 0 Å². The molecule has 0 spiro atoms. The van der Waals surface area contributed by atoms with E-state index in [2.05, 4.69) is 0 Å². The predicted octanol–water partition coefficient (Wildman–Crippen LogP) is 4.80. The molecule has 0 atom stereocenters. The fourth-order valence-corrected chi connectivity index (χ4v) is 4.25. The molecule has 1 fully saturated rings. The zero-order valence-corrected chi connectivity index (χ0v) is 19.6. The van der Waals surface area contributed by atoms with Crippen LogP contribution in [0.3, 0.4) is 0 Å². The Morgan fingerprint density at radius 3 is 2.53 bits per heavy atom. The van der Waals surface area contributed by atoms with Crippen molar-refractivity contribution in [3.05, 3.63) is 82.3 Å². The van der Waals surface area contributed by atoms with Gasteiger partial charge < -0.3 is 23.7 Å². The van der Waals surface area contributed by atoms with Gasteiger partial charge in [-0.15, -0.1) is 0 Å². The second kappa shape index (κ2) is 9.43. The first-order valence-corrected chi connectivity index (χ1v) is 11.6. The summed E-state index contributed by atoms with van der Waals surface area (Å²) in [5.74, 6) is 2.42. The van der Waals surface area contributed by atoms with Crippen LogP contribution in [0.5, 0.6) is 11.5 Å². The summed E-state index contributed by atoms with van der Waals surface area (Å²) in [7, 11) is 0. The molecule has 2 aromatic carbocycles. The maximum absolute atomic E-state index is 13.6. The first kappa shape index (κ1) is 22.3. The van der Waals surface area contributed by atoms with E-state index < -0.39 is 0 Å². The molecule has 34 heavy (non-hydrogen) atoms. The highest BCUT2D eigenvalue weighted by atomic mass is 35.5. The molecule has 1 aliphatic heterocycles. The van der Waals surface area contributed by atoms with Crippen LogP contribution in [0.4, 0.5) is 0 Å². The number of rotatable bonds is 8. The number of ether oxygens (including phenoxy) is 2. The van der Waals surface area contributed by atoms with Crippen molar-refractivity contribution in [1.82, 2.24) is 9.80 Å². The normalized spacial score (nSPS) is 14.2. The van der Waals surface area contributed by atoms with Gasteiger partial charge >= 0.3 is 0 Å². The smallest absolute Gasteiger partial charge is 0.256 e. The third-order valence-electron chi connectivity index (χ3n) is 5.96. The summed E-state index contributed by atoms with van der Waals surface area (Å²) < 4.78 is 16.6. The average molecular weight is 481 g/mol. The molecular formula is C26H25ClN2O5. The van der Waals surface area contributed by atoms with E-state index in [0.717, 1.165) is 24.2 Å². The first-order chi connectivity index (χ1) is 16.5. The van der Waals surface area contributed by atoms with Crippen LogP contribution >= 0.6 is 11.6 Å². The summed E-state index contributed by atoms with van der Waals surface area (Å²) in [6, 6.07) is 16.4. The number of hydrogen-bond donors (Lipinski definition) is 0. The molecule has 176 valence electrons. The Morgan fingerprint density at radius 1 is 1.00 bits per heavy atom. The van der Waals surface area contributed by atoms with Crippen LogP contribution in [-0.4, -0.2) is 41.0 Å². The number of furan rings is 1. The molecule has 0 radical (unpaired) electrons. The Kier molecular flexibility index (Phi) is 6.20. The standard InChI is InChI=1S/C26H25ClN2O5/c1-17-6-10-20(34-17)14-28(13-18-7-11-23-24(12-18)33-16-32-23)25(30)15-29(19-8-9-19)26(31)21-4-2-3-5-22(21)27/h2-7,10-12,19H,8-9,13-16H2,1H3. The highest BCUT2D eigenvalue weighted by Gasteiger charge is 2.36. The number of fused-ring (bicyclic) bond motifs is 1. The fourth-order valence-electron chi connectivity index (χ4n) is 4.04. The third-order valence-corrected chi connectivity index (χ3v) is 6.29. The lowest BCUT2D eigenvalue weighted by molar-refractivity contribution is -0.133. The Bertz CT molecular complexity index is 1220. The molecule has 0 unspecified atom stereocenters. The summed E-state index contributed by atoms with van der Waals surface area (Å²) in [5.41, 5.74) is 1.31. The largest absolute Gasteiger partial charge is 0.464 e. The number of amides is 2. The summed E-state index contributed by atoms with van der Waals surface area (Å²) >= 11 is 6.27. The molecule has 0 saturated heterocycles. The minimum Gasteiger partial charge on any atom is -0.464 e. The van der Waals surface area contributed by atoms with E-state index in [0.29, 0.717) is 40.9 Å². The molecule has 5 rings (SSSR count). The molecule has 8 heteroatoms. The van der Waals surface area contributed by atoms with Crippen LogP contribution in [-0.2, 0) is 17.9 Å². The van der Waals surface area contributed by atoms with E-state index >= 15 is 0 Å². The number of aryl methyl sites for hydroxylation is 1. The molecule has 0 bridgehead atoms. The van der Waals surface area contributed by atoms with E-state index in [4.69, 9.17) is 25.5 Å². The first-order valence-electron chi connectivity index (χ1n) is 11.2. The number of halogens is 1. The number of nitrogens with zero attached hydrogens (tertiary/aromatic N) is 2. The number of carbonyl (C=O) groups excluding carboxylic acids is 2. The Hall–Kier alpha value is -3.45. The molecule has 1 saturated carbocycles. The molecule has 2 heterocycles. The summed E-state index contributed by atoms with van der Waals surface area (Å²) in [6.07, 6.45) is 1.76. The van der Waals surface area contributed by atoms with Crippen molar-refractivity contribution < 1.29 is 23.5 Å². The van der Waals surface area contributed by atoms with Gasteiger partial charge in [0.25, 0.3) is 5.91 Å². The minimum atomic E-state index is -0.224. The van der Waals surface area contributed by atoms with Crippen LogP contribution in [0.1, 0.15) is 40.3 Å². The van der Waals surface area contributed by atoms with Crippen LogP contribution in [0.15, 0.2) is 59.0 Å². The van der Waals surface area contributed by atoms with E-state index in [-0.39, 0.29) is 31.2 Å². The molecule has 7 nitrogen and oxygen atoms in total. The maximum Gasteiger partial charge on any atom is 0.256 e. The van der Waals surface area contributed by atoms with Crippen molar-refractivity contribution >= 4 is 23.4 Å². The van der Waals surface area contributed by atoms with E-state index in [1.54, 1.807) is 34.1 Å². The van der Waals surface area contributed by atoms with Gasteiger partial charge in [0.1, 0.15) is 18.1 Å². The van der Waals surface area contributed by atoms with Crippen LogP contribution in [0, 0.1) is 6.92 Å². The van der Waals surface area contributed by atoms with Gasteiger partial charge in [-0.05, 0) is 61.7 Å². The topological polar surface area (TPSA) is 72.2 Å². The lowest BCUT2D eigenvalue weighted by Gasteiger charge is -2.28. The van der Waals surface area contributed by atoms with E-state index in [9.17, 15) is 9.59 Å². The van der Waals surface area contributed by atoms with Gasteiger partial charge in [0.2, 0.25) is 12.7 Å². The van der Waals surface area contributed by atoms with Gasteiger partial charge in [0, 0.05) is 12.6 Å². The number of carbonyl (C=O) groups is 2. The van der Waals surface area contributed by atoms with E-state index in [1.807, 2.05) is 37.3 Å². The van der Waals surface area contributed by atoms with Gasteiger partial charge in [-0.1, -0.05) is 29.8 Å². The number of hydrogen-bond acceptors (Lipinski definition) is 5. The molecule has 1 aliphatic carbocycles. The quantitative estimate of drug-likeness (QED) is 0.463. The number of benzene rings is 2. The summed E-state index contributed by atoms with van der Waals surface area (Å²) in [5, 5.41) is 0.383. The zero-order chi connectivity index (χ0) is 23.7.